The molecule has 1 N–H and O–H groups in total. The van der Waals surface area contributed by atoms with Gasteiger partial charge in [0.2, 0.25) is 0 Å². The van der Waals surface area contributed by atoms with Crippen LogP contribution in [0.4, 0.5) is 0 Å². The summed E-state index contributed by atoms with van der Waals surface area (Å²) < 4.78 is 7.24. The Morgan fingerprint density at radius 1 is 1.65 bits per heavy atom. The lowest BCUT2D eigenvalue weighted by Gasteiger charge is -2.36. The van der Waals surface area contributed by atoms with Gasteiger partial charge in [0, 0.05) is 32.5 Å². The zero-order valence-corrected chi connectivity index (χ0v) is 10.7. The van der Waals surface area contributed by atoms with Gasteiger partial charge in [-0.15, -0.1) is 0 Å². The van der Waals surface area contributed by atoms with Gasteiger partial charge in [0.05, 0.1) is 11.7 Å². The summed E-state index contributed by atoms with van der Waals surface area (Å²) in [5.41, 5.74) is 0.626. The quantitative estimate of drug-likeness (QED) is 0.868. The lowest BCUT2D eigenvalue weighted by Crippen LogP contribution is -2.38. The normalized spacial score (nSPS) is 29.5. The average Bonchev–Trinajstić information content (AvgIpc) is 2.72. The Kier molecular flexibility index (Phi) is 3.84. The van der Waals surface area contributed by atoms with Crippen molar-refractivity contribution in [2.24, 2.45) is 7.05 Å². The number of hydrogen-bond donors (Lipinski definition) is 1. The third-order valence-electron chi connectivity index (χ3n) is 3.88. The van der Waals surface area contributed by atoms with E-state index in [-0.39, 0.29) is 6.10 Å². The number of aryl methyl sites for hydroxylation is 2. The largest absolute Gasteiger partial charge is 0.390 e. The summed E-state index contributed by atoms with van der Waals surface area (Å²) >= 11 is 0. The SMILES string of the molecule is COC1CCCC(O)(CCc2ccnn2C)C1. The number of methoxy groups -OCH3 is 1. The standard InChI is InChI=1S/C13H22N2O2/c1-15-11(6-9-14-15)5-8-13(16)7-3-4-12(10-13)17-2/h6,9,12,16H,3-5,7-8,10H2,1-2H3. The molecular weight excluding hydrogens is 216 g/mol. The van der Waals surface area contributed by atoms with Gasteiger partial charge in [-0.05, 0) is 38.2 Å². The Morgan fingerprint density at radius 2 is 2.47 bits per heavy atom. The van der Waals surface area contributed by atoms with Crippen molar-refractivity contribution in [2.45, 2.75) is 50.2 Å². The van der Waals surface area contributed by atoms with E-state index in [2.05, 4.69) is 5.10 Å². The first kappa shape index (κ1) is 12.6. The Balaban J connectivity index is 1.91. The highest BCUT2D eigenvalue weighted by molar-refractivity contribution is 5.02. The second-order valence-corrected chi connectivity index (χ2v) is 5.12. The first-order valence-electron chi connectivity index (χ1n) is 6.35. The lowest BCUT2D eigenvalue weighted by molar-refractivity contribution is -0.0632. The topological polar surface area (TPSA) is 47.3 Å². The molecule has 0 amide bonds. The molecule has 2 unspecified atom stereocenters. The van der Waals surface area contributed by atoms with E-state index in [1.807, 2.05) is 17.8 Å². The second kappa shape index (κ2) is 5.19. The van der Waals surface area contributed by atoms with Gasteiger partial charge in [-0.2, -0.15) is 5.10 Å². The van der Waals surface area contributed by atoms with E-state index in [1.165, 1.54) is 5.69 Å². The number of hydrogen-bond acceptors (Lipinski definition) is 3. The Labute approximate surface area is 103 Å². The summed E-state index contributed by atoms with van der Waals surface area (Å²) in [6.07, 6.45) is 7.49. The van der Waals surface area contributed by atoms with Crippen molar-refractivity contribution in [1.82, 2.24) is 9.78 Å². The molecule has 96 valence electrons. The number of ether oxygens (including phenoxy) is 1. The van der Waals surface area contributed by atoms with Crippen LogP contribution < -0.4 is 0 Å². The molecule has 1 aromatic rings. The van der Waals surface area contributed by atoms with E-state index in [4.69, 9.17) is 4.74 Å². The van der Waals surface area contributed by atoms with E-state index in [0.717, 1.165) is 38.5 Å². The van der Waals surface area contributed by atoms with E-state index in [0.29, 0.717) is 0 Å². The van der Waals surface area contributed by atoms with Gasteiger partial charge >= 0.3 is 0 Å². The van der Waals surface area contributed by atoms with Crippen LogP contribution in [0.15, 0.2) is 12.3 Å². The molecule has 0 bridgehead atoms. The number of nitrogens with zero attached hydrogens (tertiary/aromatic N) is 2. The first-order valence-corrected chi connectivity index (χ1v) is 6.35. The molecule has 0 radical (unpaired) electrons. The molecule has 0 saturated heterocycles. The third-order valence-corrected chi connectivity index (χ3v) is 3.88. The van der Waals surface area contributed by atoms with Crippen LogP contribution in [-0.4, -0.2) is 33.7 Å². The highest BCUT2D eigenvalue weighted by atomic mass is 16.5. The Morgan fingerprint density at radius 3 is 3.12 bits per heavy atom. The average molecular weight is 238 g/mol. The van der Waals surface area contributed by atoms with Gasteiger partial charge < -0.3 is 9.84 Å². The van der Waals surface area contributed by atoms with Gasteiger partial charge in [0.1, 0.15) is 0 Å². The van der Waals surface area contributed by atoms with Crippen LogP contribution in [0, 0.1) is 0 Å². The summed E-state index contributed by atoms with van der Waals surface area (Å²) in [4.78, 5) is 0. The fourth-order valence-electron chi connectivity index (χ4n) is 2.72. The van der Waals surface area contributed by atoms with Crippen molar-refractivity contribution in [2.75, 3.05) is 7.11 Å². The van der Waals surface area contributed by atoms with Crippen molar-refractivity contribution in [3.05, 3.63) is 18.0 Å². The van der Waals surface area contributed by atoms with Crippen molar-refractivity contribution in [3.63, 3.8) is 0 Å². The van der Waals surface area contributed by atoms with Crippen LogP contribution in [0.5, 0.6) is 0 Å². The molecule has 1 fully saturated rings. The van der Waals surface area contributed by atoms with E-state index >= 15 is 0 Å². The lowest BCUT2D eigenvalue weighted by atomic mass is 9.80. The van der Waals surface area contributed by atoms with Gasteiger partial charge in [0.15, 0.2) is 0 Å². The maximum absolute atomic E-state index is 10.6. The molecular formula is C13H22N2O2. The zero-order valence-electron chi connectivity index (χ0n) is 10.7. The van der Waals surface area contributed by atoms with Crippen molar-refractivity contribution >= 4 is 0 Å². The van der Waals surface area contributed by atoms with Crippen LogP contribution in [0.1, 0.15) is 37.8 Å². The highest BCUT2D eigenvalue weighted by Crippen LogP contribution is 2.33. The molecule has 0 spiro atoms. The predicted molar refractivity (Wildman–Crippen MR) is 65.7 cm³/mol. The molecule has 1 aromatic heterocycles. The molecule has 1 aliphatic carbocycles. The minimum Gasteiger partial charge on any atom is -0.390 e. The van der Waals surface area contributed by atoms with Crippen LogP contribution in [0.3, 0.4) is 0 Å². The Bertz CT molecular complexity index is 364. The van der Waals surface area contributed by atoms with Gasteiger partial charge in [0.25, 0.3) is 0 Å². The molecule has 2 rings (SSSR count). The maximum atomic E-state index is 10.6. The minimum absolute atomic E-state index is 0.222. The molecule has 0 aliphatic heterocycles. The fourth-order valence-corrected chi connectivity index (χ4v) is 2.72. The molecule has 17 heavy (non-hydrogen) atoms. The smallest absolute Gasteiger partial charge is 0.0676 e. The monoisotopic (exact) mass is 238 g/mol. The van der Waals surface area contributed by atoms with Gasteiger partial charge in [-0.3, -0.25) is 4.68 Å². The maximum Gasteiger partial charge on any atom is 0.0676 e. The predicted octanol–water partition coefficient (Wildman–Crippen LogP) is 1.67. The molecule has 0 aromatic carbocycles. The van der Waals surface area contributed by atoms with Crippen molar-refractivity contribution in [3.8, 4) is 0 Å². The third kappa shape index (κ3) is 3.07. The molecule has 2 atom stereocenters. The van der Waals surface area contributed by atoms with Crippen LogP contribution in [0.2, 0.25) is 0 Å². The summed E-state index contributed by atoms with van der Waals surface area (Å²) in [5.74, 6) is 0. The molecule has 4 nitrogen and oxygen atoms in total. The number of aliphatic hydroxyl groups is 1. The van der Waals surface area contributed by atoms with E-state index in [9.17, 15) is 5.11 Å². The molecule has 1 aliphatic rings. The van der Waals surface area contributed by atoms with Crippen LogP contribution in [0.25, 0.3) is 0 Å². The molecule has 1 heterocycles. The first-order chi connectivity index (χ1) is 8.13. The number of rotatable bonds is 4. The minimum atomic E-state index is -0.552. The van der Waals surface area contributed by atoms with Gasteiger partial charge in [-0.25, -0.2) is 0 Å². The summed E-state index contributed by atoms with van der Waals surface area (Å²) in [6, 6.07) is 2.01. The van der Waals surface area contributed by atoms with Crippen LogP contribution >= 0.6 is 0 Å². The van der Waals surface area contributed by atoms with Crippen molar-refractivity contribution < 1.29 is 9.84 Å². The van der Waals surface area contributed by atoms with Crippen molar-refractivity contribution in [1.29, 1.82) is 0 Å². The van der Waals surface area contributed by atoms with Gasteiger partial charge in [-0.1, -0.05) is 0 Å². The number of aromatic nitrogens is 2. The summed E-state index contributed by atoms with van der Waals surface area (Å²) in [6.45, 7) is 0. The second-order valence-electron chi connectivity index (χ2n) is 5.12. The summed E-state index contributed by atoms with van der Waals surface area (Å²) in [7, 11) is 3.68. The highest BCUT2D eigenvalue weighted by Gasteiger charge is 2.34. The summed E-state index contributed by atoms with van der Waals surface area (Å²) in [5, 5.41) is 14.7. The van der Waals surface area contributed by atoms with E-state index < -0.39 is 5.60 Å². The van der Waals surface area contributed by atoms with Crippen LogP contribution in [-0.2, 0) is 18.2 Å². The zero-order chi connectivity index (χ0) is 12.3. The van der Waals surface area contributed by atoms with E-state index in [1.54, 1.807) is 13.3 Å². The Hall–Kier alpha value is -0.870. The molecule has 1 saturated carbocycles. The molecule has 4 heteroatoms. The fraction of sp³-hybridized carbons (Fsp3) is 0.769.